The molecule has 0 aliphatic rings. The highest BCUT2D eigenvalue weighted by atomic mass is 19.1. The van der Waals surface area contributed by atoms with Crippen molar-refractivity contribution in [1.82, 2.24) is 0 Å². The lowest BCUT2D eigenvalue weighted by atomic mass is 9.97. The maximum absolute atomic E-state index is 14.0. The van der Waals surface area contributed by atoms with Crippen molar-refractivity contribution >= 4 is 5.97 Å². The Hall–Kier alpha value is -2.16. The molecule has 0 spiro atoms. The molecule has 0 radical (unpaired) electrons. The van der Waals surface area contributed by atoms with Gasteiger partial charge < -0.3 is 5.11 Å². The Bertz CT molecular complexity index is 618. The van der Waals surface area contributed by atoms with Gasteiger partial charge in [0.15, 0.2) is 0 Å². The molecule has 0 aliphatic heterocycles. The summed E-state index contributed by atoms with van der Waals surface area (Å²) < 4.78 is 14.0. The number of carbonyl (C=O) groups is 1. The summed E-state index contributed by atoms with van der Waals surface area (Å²) in [5.74, 6) is -1.24. The van der Waals surface area contributed by atoms with Gasteiger partial charge in [-0.05, 0) is 42.7 Å². The van der Waals surface area contributed by atoms with E-state index in [0.717, 1.165) is 11.1 Å². The van der Waals surface area contributed by atoms with E-state index >= 15 is 0 Å². The third-order valence-corrected chi connectivity index (χ3v) is 2.96. The second kappa shape index (κ2) is 4.61. The molecule has 0 amide bonds. The van der Waals surface area contributed by atoms with E-state index < -0.39 is 5.97 Å². The molecule has 0 aliphatic carbocycles. The lowest BCUT2D eigenvalue weighted by molar-refractivity contribution is 0.0697. The van der Waals surface area contributed by atoms with Crippen molar-refractivity contribution in [3.63, 3.8) is 0 Å². The van der Waals surface area contributed by atoms with Crippen LogP contribution in [0.15, 0.2) is 36.4 Å². The first-order chi connectivity index (χ1) is 8.50. The normalized spacial score (nSPS) is 10.4. The first-order valence-corrected chi connectivity index (χ1v) is 5.60. The minimum Gasteiger partial charge on any atom is -0.478 e. The molecule has 2 rings (SSSR count). The van der Waals surface area contributed by atoms with Gasteiger partial charge in [-0.25, -0.2) is 9.18 Å². The van der Waals surface area contributed by atoms with E-state index in [0.29, 0.717) is 11.1 Å². The number of rotatable bonds is 2. The van der Waals surface area contributed by atoms with Gasteiger partial charge in [-0.1, -0.05) is 24.3 Å². The Morgan fingerprint density at radius 1 is 1.06 bits per heavy atom. The van der Waals surface area contributed by atoms with Crippen LogP contribution in [0.2, 0.25) is 0 Å². The van der Waals surface area contributed by atoms with Gasteiger partial charge in [0.2, 0.25) is 0 Å². The fourth-order valence-electron chi connectivity index (χ4n) is 1.95. The van der Waals surface area contributed by atoms with E-state index in [4.69, 9.17) is 5.11 Å². The average molecular weight is 244 g/mol. The minimum atomic E-state index is -0.977. The van der Waals surface area contributed by atoms with E-state index in [1.165, 1.54) is 6.07 Å². The molecule has 0 saturated carbocycles. The summed E-state index contributed by atoms with van der Waals surface area (Å²) in [5, 5.41) is 8.90. The quantitative estimate of drug-likeness (QED) is 0.872. The Labute approximate surface area is 105 Å². The van der Waals surface area contributed by atoms with Crippen LogP contribution in [-0.2, 0) is 0 Å². The molecule has 92 valence electrons. The molecular weight excluding hydrogens is 231 g/mol. The first-order valence-electron chi connectivity index (χ1n) is 5.60. The van der Waals surface area contributed by atoms with Crippen molar-refractivity contribution in [1.29, 1.82) is 0 Å². The highest BCUT2D eigenvalue weighted by Crippen LogP contribution is 2.28. The highest BCUT2D eigenvalue weighted by molar-refractivity contribution is 5.89. The van der Waals surface area contributed by atoms with E-state index in [1.807, 2.05) is 0 Å². The molecular formula is C15H13FO2. The monoisotopic (exact) mass is 244 g/mol. The SMILES string of the molecule is Cc1cc(C(=O)O)ccc1-c1cccc(C)c1F. The summed E-state index contributed by atoms with van der Waals surface area (Å²) in [4.78, 5) is 10.8. The van der Waals surface area contributed by atoms with Gasteiger partial charge in [-0.3, -0.25) is 0 Å². The molecule has 3 heteroatoms. The zero-order chi connectivity index (χ0) is 13.3. The summed E-state index contributed by atoms with van der Waals surface area (Å²) >= 11 is 0. The van der Waals surface area contributed by atoms with Crippen molar-refractivity contribution in [3.8, 4) is 11.1 Å². The van der Waals surface area contributed by atoms with Crippen molar-refractivity contribution < 1.29 is 14.3 Å². The lowest BCUT2D eigenvalue weighted by Crippen LogP contribution is -1.98. The van der Waals surface area contributed by atoms with Crippen molar-refractivity contribution in [3.05, 3.63) is 58.9 Å². The Morgan fingerprint density at radius 3 is 2.39 bits per heavy atom. The van der Waals surface area contributed by atoms with Crippen LogP contribution in [0.25, 0.3) is 11.1 Å². The number of hydrogen-bond donors (Lipinski definition) is 1. The van der Waals surface area contributed by atoms with Crippen molar-refractivity contribution in [2.75, 3.05) is 0 Å². The van der Waals surface area contributed by atoms with Gasteiger partial charge in [0.1, 0.15) is 5.82 Å². The molecule has 0 fully saturated rings. The van der Waals surface area contributed by atoms with Crippen LogP contribution < -0.4 is 0 Å². The molecule has 0 atom stereocenters. The van der Waals surface area contributed by atoms with Gasteiger partial charge in [-0.15, -0.1) is 0 Å². The van der Waals surface area contributed by atoms with Gasteiger partial charge in [0.05, 0.1) is 5.56 Å². The predicted molar refractivity (Wildman–Crippen MR) is 68.3 cm³/mol. The van der Waals surface area contributed by atoms with Crippen LogP contribution in [0.1, 0.15) is 21.5 Å². The number of carboxylic acid groups (broad SMARTS) is 1. The smallest absolute Gasteiger partial charge is 0.335 e. The number of aryl methyl sites for hydroxylation is 2. The molecule has 2 nitrogen and oxygen atoms in total. The first kappa shape index (κ1) is 12.3. The van der Waals surface area contributed by atoms with E-state index in [2.05, 4.69) is 0 Å². The molecule has 0 heterocycles. The number of carboxylic acids is 1. The lowest BCUT2D eigenvalue weighted by Gasteiger charge is -2.09. The molecule has 0 aromatic heterocycles. The number of aromatic carboxylic acids is 1. The van der Waals surface area contributed by atoms with E-state index in [9.17, 15) is 9.18 Å². The topological polar surface area (TPSA) is 37.3 Å². The summed E-state index contributed by atoms with van der Waals surface area (Å²) in [6, 6.07) is 9.89. The number of halogens is 1. The molecule has 0 bridgehead atoms. The standard InChI is InChI=1S/C15H13FO2/c1-9-4-3-5-13(14(9)16)12-7-6-11(15(17)18)8-10(12)2/h3-8H,1-2H3,(H,17,18). The third-order valence-electron chi connectivity index (χ3n) is 2.96. The molecule has 2 aromatic carbocycles. The van der Waals surface area contributed by atoms with E-state index in [1.54, 1.807) is 44.2 Å². The number of hydrogen-bond acceptors (Lipinski definition) is 1. The maximum Gasteiger partial charge on any atom is 0.335 e. The minimum absolute atomic E-state index is 0.212. The second-order valence-corrected chi connectivity index (χ2v) is 4.27. The fraction of sp³-hybridized carbons (Fsp3) is 0.133. The van der Waals surface area contributed by atoms with Crippen LogP contribution in [0.4, 0.5) is 4.39 Å². The summed E-state index contributed by atoms with van der Waals surface area (Å²) in [6.45, 7) is 3.49. The number of benzene rings is 2. The summed E-state index contributed by atoms with van der Waals surface area (Å²) in [7, 11) is 0. The third kappa shape index (κ3) is 2.12. The Kier molecular flexibility index (Phi) is 3.15. The van der Waals surface area contributed by atoms with Crippen molar-refractivity contribution in [2.45, 2.75) is 13.8 Å². The van der Waals surface area contributed by atoms with Crippen LogP contribution >= 0.6 is 0 Å². The molecule has 18 heavy (non-hydrogen) atoms. The molecule has 0 saturated heterocycles. The van der Waals surface area contributed by atoms with Gasteiger partial charge in [0, 0.05) is 5.56 Å². The zero-order valence-electron chi connectivity index (χ0n) is 10.2. The van der Waals surface area contributed by atoms with Crippen LogP contribution in [-0.4, -0.2) is 11.1 Å². The van der Waals surface area contributed by atoms with Crippen LogP contribution in [0.5, 0.6) is 0 Å². The largest absolute Gasteiger partial charge is 0.478 e. The predicted octanol–water partition coefficient (Wildman–Crippen LogP) is 3.81. The van der Waals surface area contributed by atoms with E-state index in [-0.39, 0.29) is 11.4 Å². The molecule has 1 N–H and O–H groups in total. The zero-order valence-corrected chi connectivity index (χ0v) is 10.2. The fourth-order valence-corrected chi connectivity index (χ4v) is 1.95. The van der Waals surface area contributed by atoms with Crippen LogP contribution in [0.3, 0.4) is 0 Å². The molecule has 0 unspecified atom stereocenters. The Balaban J connectivity index is 2.58. The van der Waals surface area contributed by atoms with Crippen LogP contribution in [0, 0.1) is 19.7 Å². The van der Waals surface area contributed by atoms with Gasteiger partial charge in [-0.2, -0.15) is 0 Å². The summed E-state index contributed by atoms with van der Waals surface area (Å²) in [5.41, 5.74) is 2.77. The molecule has 2 aromatic rings. The maximum atomic E-state index is 14.0. The van der Waals surface area contributed by atoms with Crippen molar-refractivity contribution in [2.24, 2.45) is 0 Å². The second-order valence-electron chi connectivity index (χ2n) is 4.27. The average Bonchev–Trinajstić information content (AvgIpc) is 2.33. The Morgan fingerprint density at radius 2 is 1.78 bits per heavy atom. The highest BCUT2D eigenvalue weighted by Gasteiger charge is 2.11. The summed E-state index contributed by atoms with van der Waals surface area (Å²) in [6.07, 6.45) is 0. The van der Waals surface area contributed by atoms with Gasteiger partial charge >= 0.3 is 5.97 Å². The van der Waals surface area contributed by atoms with Gasteiger partial charge in [0.25, 0.3) is 0 Å².